The van der Waals surface area contributed by atoms with E-state index in [-0.39, 0.29) is 10.8 Å². The number of hydrogen-bond acceptors (Lipinski definition) is 3. The zero-order valence-electron chi connectivity index (χ0n) is 15.5. The number of hydrogen-bond donors (Lipinski definition) is 2. The average molecular weight is 324 g/mol. The number of nitrogens with zero attached hydrogens (tertiary/aromatic N) is 1. The first kappa shape index (κ1) is 18.1. The van der Waals surface area contributed by atoms with Crippen molar-refractivity contribution in [1.29, 1.82) is 0 Å². The van der Waals surface area contributed by atoms with Crippen molar-refractivity contribution in [3.05, 3.63) is 53.1 Å². The highest BCUT2D eigenvalue weighted by molar-refractivity contribution is 5.86. The lowest BCUT2D eigenvalue weighted by Crippen LogP contribution is -2.17. The van der Waals surface area contributed by atoms with E-state index >= 15 is 0 Å². The minimum atomic E-state index is -0.144. The quantitative estimate of drug-likeness (QED) is 0.580. The number of aromatic hydroxyl groups is 1. The lowest BCUT2D eigenvalue weighted by Gasteiger charge is -2.26. The van der Waals surface area contributed by atoms with E-state index in [9.17, 15) is 5.11 Å². The van der Waals surface area contributed by atoms with Gasteiger partial charge in [-0.05, 0) is 46.7 Å². The second-order valence-electron chi connectivity index (χ2n) is 8.31. The number of anilines is 1. The largest absolute Gasteiger partial charge is 0.507 e. The summed E-state index contributed by atoms with van der Waals surface area (Å²) in [6, 6.07) is 11.5. The summed E-state index contributed by atoms with van der Waals surface area (Å²) in [6.07, 6.45) is 1.73. The van der Waals surface area contributed by atoms with Crippen molar-refractivity contribution >= 4 is 17.6 Å². The average Bonchev–Trinajstić information content (AvgIpc) is 2.45. The van der Waals surface area contributed by atoms with Gasteiger partial charge >= 0.3 is 0 Å². The Morgan fingerprint density at radius 1 is 0.917 bits per heavy atom. The summed E-state index contributed by atoms with van der Waals surface area (Å²) in [6.45, 7) is 12.8. The smallest absolute Gasteiger partial charge is 0.128 e. The fraction of sp³-hybridized carbons (Fsp3) is 0.381. The maximum atomic E-state index is 10.7. The lowest BCUT2D eigenvalue weighted by atomic mass is 9.79. The van der Waals surface area contributed by atoms with Gasteiger partial charge in [0.25, 0.3) is 0 Å². The Labute approximate surface area is 145 Å². The van der Waals surface area contributed by atoms with Crippen molar-refractivity contribution in [2.75, 3.05) is 5.73 Å². The third-order valence-corrected chi connectivity index (χ3v) is 4.06. The molecule has 0 atom stereocenters. The van der Waals surface area contributed by atoms with Crippen LogP contribution in [0.2, 0.25) is 0 Å². The molecule has 0 aromatic heterocycles. The molecule has 3 heteroatoms. The Kier molecular flexibility index (Phi) is 4.75. The highest BCUT2D eigenvalue weighted by atomic mass is 16.3. The van der Waals surface area contributed by atoms with Crippen LogP contribution in [0.3, 0.4) is 0 Å². The van der Waals surface area contributed by atoms with E-state index in [0.29, 0.717) is 11.4 Å². The number of nitrogen functional groups attached to an aromatic ring is 1. The van der Waals surface area contributed by atoms with Gasteiger partial charge in [0.1, 0.15) is 5.75 Å². The van der Waals surface area contributed by atoms with Crippen molar-refractivity contribution in [2.24, 2.45) is 4.99 Å². The number of aliphatic imine (C=N–C) groups is 1. The van der Waals surface area contributed by atoms with E-state index in [2.05, 4.69) is 52.6 Å². The van der Waals surface area contributed by atoms with Crippen LogP contribution < -0.4 is 5.73 Å². The predicted molar refractivity (Wildman–Crippen MR) is 104 cm³/mol. The fourth-order valence-corrected chi connectivity index (χ4v) is 2.46. The number of nitrogens with two attached hydrogens (primary N) is 1. The van der Waals surface area contributed by atoms with Crippen LogP contribution in [0.1, 0.15) is 58.2 Å². The molecule has 0 saturated carbocycles. The Morgan fingerprint density at radius 2 is 1.50 bits per heavy atom. The SMILES string of the molecule is CC(C)(C)c1cc(C=Nc2ccc(N)cc2)c(O)c(C(C)(C)C)c1. The molecule has 0 bridgehead atoms. The summed E-state index contributed by atoms with van der Waals surface area (Å²) in [5.74, 6) is 0.301. The van der Waals surface area contributed by atoms with Crippen LogP contribution in [0.4, 0.5) is 11.4 Å². The first-order valence-corrected chi connectivity index (χ1v) is 8.26. The molecule has 2 aromatic carbocycles. The summed E-state index contributed by atoms with van der Waals surface area (Å²) in [5, 5.41) is 10.7. The predicted octanol–water partition coefficient (Wildman–Crippen LogP) is 5.32. The molecule has 0 saturated heterocycles. The maximum Gasteiger partial charge on any atom is 0.128 e. The van der Waals surface area contributed by atoms with Crippen molar-refractivity contribution in [3.63, 3.8) is 0 Å². The molecule has 128 valence electrons. The Balaban J connectivity index is 2.54. The number of phenols is 1. The zero-order chi connectivity index (χ0) is 18.1. The molecule has 0 aliphatic carbocycles. The molecule has 0 radical (unpaired) electrons. The summed E-state index contributed by atoms with van der Waals surface area (Å²) in [5.41, 5.74) is 9.94. The van der Waals surface area contributed by atoms with Crippen LogP contribution >= 0.6 is 0 Å². The van der Waals surface area contributed by atoms with Gasteiger partial charge in [0.05, 0.1) is 5.69 Å². The van der Waals surface area contributed by atoms with E-state index in [1.165, 1.54) is 5.56 Å². The second kappa shape index (κ2) is 6.31. The van der Waals surface area contributed by atoms with Crippen LogP contribution in [0, 0.1) is 0 Å². The molecule has 0 spiro atoms. The second-order valence-corrected chi connectivity index (χ2v) is 8.31. The Morgan fingerprint density at radius 3 is 2.00 bits per heavy atom. The van der Waals surface area contributed by atoms with Gasteiger partial charge in [0.15, 0.2) is 0 Å². The molecule has 0 fully saturated rings. The van der Waals surface area contributed by atoms with Gasteiger partial charge in [0, 0.05) is 23.0 Å². The molecule has 24 heavy (non-hydrogen) atoms. The molecule has 0 aliphatic heterocycles. The maximum absolute atomic E-state index is 10.7. The lowest BCUT2D eigenvalue weighted by molar-refractivity contribution is 0.444. The summed E-state index contributed by atoms with van der Waals surface area (Å²) in [7, 11) is 0. The standard InChI is InChI=1S/C21H28N2O/c1-20(2,3)15-11-14(19(24)18(12-15)21(4,5)6)13-23-17-9-7-16(22)8-10-17/h7-13,24H,22H2,1-6H3. The van der Waals surface area contributed by atoms with Crippen molar-refractivity contribution in [1.82, 2.24) is 0 Å². The third-order valence-electron chi connectivity index (χ3n) is 4.06. The zero-order valence-corrected chi connectivity index (χ0v) is 15.5. The minimum absolute atomic E-state index is 0.00249. The van der Waals surface area contributed by atoms with Gasteiger partial charge in [0.2, 0.25) is 0 Å². The van der Waals surface area contributed by atoms with Crippen LogP contribution in [0.5, 0.6) is 5.75 Å². The van der Waals surface area contributed by atoms with Gasteiger partial charge < -0.3 is 10.8 Å². The normalized spacial score (nSPS) is 12.8. The summed E-state index contributed by atoms with van der Waals surface area (Å²) >= 11 is 0. The summed E-state index contributed by atoms with van der Waals surface area (Å²) in [4.78, 5) is 4.48. The van der Waals surface area contributed by atoms with E-state index in [0.717, 1.165) is 16.8 Å². The van der Waals surface area contributed by atoms with Crippen molar-refractivity contribution < 1.29 is 5.11 Å². The molecule has 0 aliphatic rings. The van der Waals surface area contributed by atoms with Crippen LogP contribution in [-0.2, 0) is 10.8 Å². The first-order valence-electron chi connectivity index (χ1n) is 8.26. The number of benzene rings is 2. The van der Waals surface area contributed by atoms with Crippen molar-refractivity contribution in [3.8, 4) is 5.75 Å². The van der Waals surface area contributed by atoms with E-state index in [1.54, 1.807) is 6.21 Å². The van der Waals surface area contributed by atoms with Crippen LogP contribution in [0.15, 0.2) is 41.4 Å². The number of rotatable bonds is 2. The molecule has 0 heterocycles. The molecule has 3 N–H and O–H groups in total. The van der Waals surface area contributed by atoms with Gasteiger partial charge in [-0.2, -0.15) is 0 Å². The molecule has 2 rings (SSSR count). The topological polar surface area (TPSA) is 58.6 Å². The molecular formula is C21H28N2O. The number of phenolic OH excluding ortho intramolecular Hbond substituents is 1. The first-order chi connectivity index (χ1) is 11.0. The minimum Gasteiger partial charge on any atom is -0.507 e. The molecule has 0 unspecified atom stereocenters. The molecule has 2 aromatic rings. The summed E-state index contributed by atoms with van der Waals surface area (Å²) < 4.78 is 0. The van der Waals surface area contributed by atoms with Gasteiger partial charge in [-0.25, -0.2) is 0 Å². The highest BCUT2D eigenvalue weighted by Gasteiger charge is 2.24. The van der Waals surface area contributed by atoms with Gasteiger partial charge in [-0.15, -0.1) is 0 Å². The van der Waals surface area contributed by atoms with Crippen LogP contribution in [-0.4, -0.2) is 11.3 Å². The molecule has 3 nitrogen and oxygen atoms in total. The molecule has 0 amide bonds. The van der Waals surface area contributed by atoms with Crippen LogP contribution in [0.25, 0.3) is 0 Å². The Hall–Kier alpha value is -2.29. The highest BCUT2D eigenvalue weighted by Crippen LogP contribution is 2.37. The fourth-order valence-electron chi connectivity index (χ4n) is 2.46. The molecular weight excluding hydrogens is 296 g/mol. The van der Waals surface area contributed by atoms with E-state index in [4.69, 9.17) is 5.73 Å². The monoisotopic (exact) mass is 324 g/mol. The van der Waals surface area contributed by atoms with E-state index in [1.807, 2.05) is 30.3 Å². The van der Waals surface area contributed by atoms with Gasteiger partial charge in [-0.3, -0.25) is 4.99 Å². The van der Waals surface area contributed by atoms with Gasteiger partial charge in [-0.1, -0.05) is 47.6 Å². The third kappa shape index (κ3) is 4.16. The van der Waals surface area contributed by atoms with E-state index < -0.39 is 0 Å². The Bertz CT molecular complexity index is 745. The van der Waals surface area contributed by atoms with Crippen molar-refractivity contribution in [2.45, 2.75) is 52.4 Å².